The van der Waals surface area contributed by atoms with Crippen LogP contribution >= 0.6 is 23.2 Å². The van der Waals surface area contributed by atoms with E-state index < -0.39 is 0 Å². The lowest BCUT2D eigenvalue weighted by Crippen LogP contribution is -2.51. The SMILES string of the molecule is COc1ccc(CC(=O)N2CCN(c3ccc(C)cc3Cl)C(c3ccc(Cl)cc3)C2)cc1OC. The maximum Gasteiger partial charge on any atom is 0.227 e. The summed E-state index contributed by atoms with van der Waals surface area (Å²) in [6.07, 6.45) is 0.291. The lowest BCUT2D eigenvalue weighted by atomic mass is 10.00. The molecule has 1 aliphatic rings. The number of halogens is 2. The number of carbonyl (C=O) groups excluding carboxylic acids is 1. The number of benzene rings is 3. The highest BCUT2D eigenvalue weighted by molar-refractivity contribution is 6.33. The molecule has 1 fully saturated rings. The Balaban J connectivity index is 1.58. The monoisotopic (exact) mass is 498 g/mol. The minimum absolute atomic E-state index is 0.0411. The molecule has 0 spiro atoms. The Labute approximate surface area is 210 Å². The molecule has 3 aromatic carbocycles. The number of carbonyl (C=O) groups is 1. The fourth-order valence-corrected chi connectivity index (χ4v) is 4.86. The van der Waals surface area contributed by atoms with Crippen molar-refractivity contribution >= 4 is 34.8 Å². The maximum atomic E-state index is 13.3. The van der Waals surface area contributed by atoms with Gasteiger partial charge in [-0.25, -0.2) is 0 Å². The van der Waals surface area contributed by atoms with Crippen molar-refractivity contribution in [1.29, 1.82) is 0 Å². The van der Waals surface area contributed by atoms with Gasteiger partial charge in [0.15, 0.2) is 11.5 Å². The number of hydrogen-bond acceptors (Lipinski definition) is 4. The van der Waals surface area contributed by atoms with E-state index in [0.29, 0.717) is 47.6 Å². The van der Waals surface area contributed by atoms with Crippen molar-refractivity contribution in [2.24, 2.45) is 0 Å². The van der Waals surface area contributed by atoms with E-state index in [1.165, 1.54) is 0 Å². The molecule has 1 saturated heterocycles. The molecule has 5 nitrogen and oxygen atoms in total. The minimum Gasteiger partial charge on any atom is -0.493 e. The smallest absolute Gasteiger partial charge is 0.227 e. The molecule has 1 amide bonds. The van der Waals surface area contributed by atoms with Gasteiger partial charge in [0.05, 0.1) is 37.4 Å². The van der Waals surface area contributed by atoms with E-state index in [1.807, 2.05) is 60.4 Å². The summed E-state index contributed by atoms with van der Waals surface area (Å²) in [5.41, 5.74) is 4.05. The van der Waals surface area contributed by atoms with Crippen molar-refractivity contribution in [3.63, 3.8) is 0 Å². The first-order valence-corrected chi connectivity index (χ1v) is 11.9. The van der Waals surface area contributed by atoms with Crippen LogP contribution in [0.4, 0.5) is 5.69 Å². The van der Waals surface area contributed by atoms with Gasteiger partial charge in [-0.2, -0.15) is 0 Å². The standard InChI is InChI=1S/C27H28Cl2N2O3/c1-18-4-10-23(22(29)14-18)31-13-12-30(17-24(31)20-6-8-21(28)9-7-20)27(32)16-19-5-11-25(33-2)26(15-19)34-3/h4-11,14-15,24H,12-13,16-17H2,1-3H3. The minimum atomic E-state index is -0.0411. The van der Waals surface area contributed by atoms with E-state index in [-0.39, 0.29) is 11.9 Å². The summed E-state index contributed by atoms with van der Waals surface area (Å²) in [7, 11) is 3.19. The van der Waals surface area contributed by atoms with Gasteiger partial charge in [-0.1, -0.05) is 47.5 Å². The molecule has 7 heteroatoms. The predicted octanol–water partition coefficient (Wildman–Crippen LogP) is 5.95. The number of nitrogens with zero attached hydrogens (tertiary/aromatic N) is 2. The molecular formula is C27H28Cl2N2O3. The molecule has 3 aromatic rings. The van der Waals surface area contributed by atoms with Gasteiger partial charge in [0.2, 0.25) is 5.91 Å². The van der Waals surface area contributed by atoms with Crippen molar-refractivity contribution in [3.8, 4) is 11.5 Å². The van der Waals surface area contributed by atoms with Gasteiger partial charge < -0.3 is 19.3 Å². The number of amides is 1. The van der Waals surface area contributed by atoms with Crippen LogP contribution in [-0.2, 0) is 11.2 Å². The molecule has 0 N–H and O–H groups in total. The molecular weight excluding hydrogens is 471 g/mol. The van der Waals surface area contributed by atoms with E-state index in [0.717, 1.165) is 22.4 Å². The Bertz CT molecular complexity index is 1170. The van der Waals surface area contributed by atoms with Crippen LogP contribution in [-0.4, -0.2) is 44.7 Å². The molecule has 0 aromatic heterocycles. The molecule has 0 saturated carbocycles. The molecule has 1 unspecified atom stereocenters. The first-order valence-electron chi connectivity index (χ1n) is 11.2. The second-order valence-corrected chi connectivity index (χ2v) is 9.27. The highest BCUT2D eigenvalue weighted by Crippen LogP contribution is 2.36. The fraction of sp³-hybridized carbons (Fsp3) is 0.296. The number of piperazine rings is 1. The second-order valence-electron chi connectivity index (χ2n) is 8.42. The molecule has 4 rings (SSSR count). The van der Waals surface area contributed by atoms with Crippen molar-refractivity contribution in [1.82, 2.24) is 4.90 Å². The van der Waals surface area contributed by atoms with Crippen LogP contribution in [0.1, 0.15) is 22.7 Å². The Kier molecular flexibility index (Phi) is 7.54. The molecule has 0 radical (unpaired) electrons. The van der Waals surface area contributed by atoms with Gasteiger partial charge in [-0.3, -0.25) is 4.79 Å². The fourth-order valence-electron chi connectivity index (χ4n) is 4.39. The van der Waals surface area contributed by atoms with E-state index in [1.54, 1.807) is 14.2 Å². The zero-order valence-electron chi connectivity index (χ0n) is 19.6. The number of methoxy groups -OCH3 is 2. The number of ether oxygens (including phenoxy) is 2. The summed E-state index contributed by atoms with van der Waals surface area (Å²) in [5.74, 6) is 1.33. The topological polar surface area (TPSA) is 42.0 Å². The zero-order chi connectivity index (χ0) is 24.2. The number of rotatable bonds is 6. The molecule has 1 heterocycles. The Morgan fingerprint density at radius 2 is 1.68 bits per heavy atom. The largest absolute Gasteiger partial charge is 0.493 e. The summed E-state index contributed by atoms with van der Waals surface area (Å²) in [5, 5.41) is 1.39. The summed E-state index contributed by atoms with van der Waals surface area (Å²) in [6, 6.07) is 19.5. The van der Waals surface area contributed by atoms with Gasteiger partial charge in [0.25, 0.3) is 0 Å². The molecule has 34 heavy (non-hydrogen) atoms. The third-order valence-corrected chi connectivity index (χ3v) is 6.76. The summed E-state index contributed by atoms with van der Waals surface area (Å²) in [6.45, 7) is 3.86. The second kappa shape index (κ2) is 10.6. The lowest BCUT2D eigenvalue weighted by Gasteiger charge is -2.43. The predicted molar refractivity (Wildman–Crippen MR) is 138 cm³/mol. The highest BCUT2D eigenvalue weighted by Gasteiger charge is 2.32. The Morgan fingerprint density at radius 3 is 2.35 bits per heavy atom. The van der Waals surface area contributed by atoms with Crippen molar-refractivity contribution < 1.29 is 14.3 Å². The molecule has 1 atom stereocenters. The van der Waals surface area contributed by atoms with E-state index in [9.17, 15) is 4.79 Å². The summed E-state index contributed by atoms with van der Waals surface area (Å²) in [4.78, 5) is 17.5. The van der Waals surface area contributed by atoms with Gasteiger partial charge in [-0.15, -0.1) is 0 Å². The molecule has 0 aliphatic carbocycles. The van der Waals surface area contributed by atoms with Crippen LogP contribution in [0.2, 0.25) is 10.0 Å². The van der Waals surface area contributed by atoms with Crippen molar-refractivity contribution in [3.05, 3.63) is 87.4 Å². The quantitative estimate of drug-likeness (QED) is 0.420. The Hall–Kier alpha value is -2.89. The number of hydrogen-bond donors (Lipinski definition) is 0. The molecule has 0 bridgehead atoms. The van der Waals surface area contributed by atoms with Gasteiger partial charge in [-0.05, 0) is 60.0 Å². The number of anilines is 1. The first kappa shape index (κ1) is 24.2. The van der Waals surface area contributed by atoms with Gasteiger partial charge >= 0.3 is 0 Å². The van der Waals surface area contributed by atoms with E-state index in [4.69, 9.17) is 32.7 Å². The third kappa shape index (κ3) is 5.26. The average molecular weight is 499 g/mol. The van der Waals surface area contributed by atoms with E-state index >= 15 is 0 Å². The molecule has 1 aliphatic heterocycles. The maximum absolute atomic E-state index is 13.3. The lowest BCUT2D eigenvalue weighted by molar-refractivity contribution is -0.131. The first-order chi connectivity index (χ1) is 16.4. The van der Waals surface area contributed by atoms with Crippen LogP contribution in [0, 0.1) is 6.92 Å². The van der Waals surface area contributed by atoms with Crippen molar-refractivity contribution in [2.75, 3.05) is 38.8 Å². The summed E-state index contributed by atoms with van der Waals surface area (Å²) >= 11 is 12.8. The van der Waals surface area contributed by atoms with Crippen LogP contribution in [0.25, 0.3) is 0 Å². The van der Waals surface area contributed by atoms with Crippen LogP contribution < -0.4 is 14.4 Å². The van der Waals surface area contributed by atoms with Gasteiger partial charge in [0.1, 0.15) is 0 Å². The summed E-state index contributed by atoms with van der Waals surface area (Å²) < 4.78 is 10.7. The van der Waals surface area contributed by atoms with Crippen molar-refractivity contribution in [2.45, 2.75) is 19.4 Å². The normalized spacial score (nSPS) is 15.9. The van der Waals surface area contributed by atoms with Crippen LogP contribution in [0.15, 0.2) is 60.7 Å². The van der Waals surface area contributed by atoms with Gasteiger partial charge in [0, 0.05) is 24.7 Å². The van der Waals surface area contributed by atoms with Crippen LogP contribution in [0.3, 0.4) is 0 Å². The molecule has 178 valence electrons. The van der Waals surface area contributed by atoms with Crippen LogP contribution in [0.5, 0.6) is 11.5 Å². The van der Waals surface area contributed by atoms with E-state index in [2.05, 4.69) is 17.0 Å². The Morgan fingerprint density at radius 1 is 0.941 bits per heavy atom. The third-order valence-electron chi connectivity index (χ3n) is 6.20. The average Bonchev–Trinajstić information content (AvgIpc) is 2.84. The highest BCUT2D eigenvalue weighted by atomic mass is 35.5. The number of aryl methyl sites for hydroxylation is 1. The zero-order valence-corrected chi connectivity index (χ0v) is 21.1.